The molecule has 1 aromatic heterocycles. The molecule has 1 fully saturated rings. The zero-order valence-electron chi connectivity index (χ0n) is 19.3. The van der Waals surface area contributed by atoms with E-state index in [2.05, 4.69) is 20.7 Å². The summed E-state index contributed by atoms with van der Waals surface area (Å²) in [6.07, 6.45) is -0.274. The Balaban J connectivity index is 1.62. The maximum atomic E-state index is 14.8. The number of aromatic nitrogens is 3. The Kier molecular flexibility index (Phi) is 7.18. The average Bonchev–Trinajstić information content (AvgIpc) is 3.46. The zero-order chi connectivity index (χ0) is 25.1. The number of nitrogens with one attached hydrogen (secondary N) is 2. The first-order chi connectivity index (χ1) is 16.7. The number of likely N-dealkylation sites (tertiary alicyclic amines) is 1. The molecule has 7 nitrogen and oxygen atoms in total. The Bertz CT molecular complexity index is 1160. The molecule has 3 unspecified atom stereocenters. The topological polar surface area (TPSA) is 91.0 Å². The first kappa shape index (κ1) is 24.4. The molecule has 1 saturated heterocycles. The predicted molar refractivity (Wildman–Crippen MR) is 122 cm³/mol. The van der Waals surface area contributed by atoms with Gasteiger partial charge >= 0.3 is 0 Å². The number of aromatic amines is 1. The molecule has 3 aromatic rings. The van der Waals surface area contributed by atoms with Crippen LogP contribution in [0.2, 0.25) is 0 Å². The van der Waals surface area contributed by atoms with Crippen molar-refractivity contribution in [1.82, 2.24) is 25.6 Å². The van der Waals surface area contributed by atoms with Crippen LogP contribution in [0.25, 0.3) is 0 Å². The van der Waals surface area contributed by atoms with Crippen LogP contribution in [0.4, 0.5) is 13.2 Å². The van der Waals surface area contributed by atoms with Gasteiger partial charge in [0.25, 0.3) is 0 Å². The smallest absolute Gasteiger partial charge is 0.243 e. The number of benzene rings is 2. The minimum absolute atomic E-state index is 0.0342. The molecule has 2 aromatic carbocycles. The zero-order valence-corrected chi connectivity index (χ0v) is 19.3. The molecule has 2 heterocycles. The third-order valence-electron chi connectivity index (χ3n) is 6.11. The van der Waals surface area contributed by atoms with Gasteiger partial charge in [0.15, 0.2) is 0 Å². The van der Waals surface area contributed by atoms with Crippen LogP contribution in [0.5, 0.6) is 0 Å². The summed E-state index contributed by atoms with van der Waals surface area (Å²) >= 11 is 0. The summed E-state index contributed by atoms with van der Waals surface area (Å²) in [4.78, 5) is 27.3. The summed E-state index contributed by atoms with van der Waals surface area (Å²) < 4.78 is 43.9. The van der Waals surface area contributed by atoms with E-state index in [1.165, 1.54) is 23.2 Å². The number of hydrogen-bond acceptors (Lipinski definition) is 4. The quantitative estimate of drug-likeness (QED) is 0.535. The minimum atomic E-state index is -1.37. The predicted octanol–water partition coefficient (Wildman–Crippen LogP) is 3.59. The summed E-state index contributed by atoms with van der Waals surface area (Å²) in [5.41, 5.74) is 1.20. The Morgan fingerprint density at radius 2 is 1.83 bits per heavy atom. The van der Waals surface area contributed by atoms with Crippen molar-refractivity contribution in [2.24, 2.45) is 0 Å². The molecular formula is C25H26F3N5O2. The van der Waals surface area contributed by atoms with Gasteiger partial charge in [-0.05, 0) is 29.2 Å². The standard InChI is InChI=1S/C25H26F3N5O2/c1-14(2)23-19(27)8-16(9-20(23)28)24(15-6-4-3-5-7-15)30-25(35)21-10-17(26)13-33(21)22(34)11-18-12-29-32-31-18/h3-9,12,14,17,21,24H,10-11,13H2,1-2H3,(H,30,35)(H,29,31,32). The highest BCUT2D eigenvalue weighted by molar-refractivity contribution is 5.89. The number of carbonyl (C=O) groups excluding carboxylic acids is 2. The second kappa shape index (κ2) is 10.3. The first-order valence-corrected chi connectivity index (χ1v) is 11.4. The lowest BCUT2D eigenvalue weighted by Crippen LogP contribution is -2.47. The third kappa shape index (κ3) is 5.36. The van der Waals surface area contributed by atoms with Crippen LogP contribution in [0.15, 0.2) is 48.7 Å². The molecular weight excluding hydrogens is 459 g/mol. The van der Waals surface area contributed by atoms with Gasteiger partial charge in [0, 0.05) is 12.0 Å². The van der Waals surface area contributed by atoms with Crippen molar-refractivity contribution in [3.63, 3.8) is 0 Å². The molecule has 0 spiro atoms. The van der Waals surface area contributed by atoms with Gasteiger partial charge in [-0.2, -0.15) is 0 Å². The molecule has 4 rings (SSSR count). The lowest BCUT2D eigenvalue weighted by Gasteiger charge is -2.27. The Labute approximate surface area is 200 Å². The highest BCUT2D eigenvalue weighted by atomic mass is 19.1. The molecule has 0 bridgehead atoms. The van der Waals surface area contributed by atoms with Gasteiger partial charge < -0.3 is 10.2 Å². The molecule has 2 amide bonds. The van der Waals surface area contributed by atoms with E-state index in [0.717, 1.165) is 0 Å². The van der Waals surface area contributed by atoms with Crippen LogP contribution < -0.4 is 5.32 Å². The molecule has 2 N–H and O–H groups in total. The third-order valence-corrected chi connectivity index (χ3v) is 6.11. The van der Waals surface area contributed by atoms with Gasteiger partial charge in [0.1, 0.15) is 23.8 Å². The van der Waals surface area contributed by atoms with Gasteiger partial charge in [-0.15, -0.1) is 5.10 Å². The monoisotopic (exact) mass is 485 g/mol. The maximum absolute atomic E-state index is 14.8. The lowest BCUT2D eigenvalue weighted by molar-refractivity contribution is -0.138. The second-order valence-corrected chi connectivity index (χ2v) is 8.96. The summed E-state index contributed by atoms with van der Waals surface area (Å²) in [5.74, 6) is -2.84. The first-order valence-electron chi connectivity index (χ1n) is 11.4. The Morgan fingerprint density at radius 3 is 2.43 bits per heavy atom. The molecule has 3 atom stereocenters. The van der Waals surface area contributed by atoms with Crippen LogP contribution in [0.1, 0.15) is 54.6 Å². The van der Waals surface area contributed by atoms with E-state index in [4.69, 9.17) is 0 Å². The van der Waals surface area contributed by atoms with Gasteiger partial charge in [0.2, 0.25) is 11.8 Å². The highest BCUT2D eigenvalue weighted by Gasteiger charge is 2.40. The summed E-state index contributed by atoms with van der Waals surface area (Å²) in [6.45, 7) is 3.16. The summed E-state index contributed by atoms with van der Waals surface area (Å²) in [6, 6.07) is 9.15. The van der Waals surface area contributed by atoms with Gasteiger partial charge in [-0.1, -0.05) is 49.4 Å². The van der Waals surface area contributed by atoms with Crippen molar-refractivity contribution >= 4 is 11.8 Å². The second-order valence-electron chi connectivity index (χ2n) is 8.96. The summed E-state index contributed by atoms with van der Waals surface area (Å²) in [7, 11) is 0. The van der Waals surface area contributed by atoms with E-state index < -0.39 is 41.7 Å². The van der Waals surface area contributed by atoms with Gasteiger partial charge in [-0.3, -0.25) is 14.7 Å². The molecule has 184 valence electrons. The number of rotatable bonds is 7. The largest absolute Gasteiger partial charge is 0.343 e. The van der Waals surface area contributed by atoms with Crippen LogP contribution in [0, 0.1) is 11.6 Å². The number of amides is 2. The molecule has 0 aliphatic carbocycles. The Hall–Kier alpha value is -3.69. The van der Waals surface area contributed by atoms with E-state index in [1.807, 2.05) is 0 Å². The average molecular weight is 486 g/mol. The van der Waals surface area contributed by atoms with E-state index in [1.54, 1.807) is 44.2 Å². The van der Waals surface area contributed by atoms with Crippen molar-refractivity contribution in [2.75, 3.05) is 6.54 Å². The Morgan fingerprint density at radius 1 is 1.14 bits per heavy atom. The summed E-state index contributed by atoms with van der Waals surface area (Å²) in [5, 5.41) is 12.5. The molecule has 1 aliphatic rings. The van der Waals surface area contributed by atoms with Crippen LogP contribution in [0.3, 0.4) is 0 Å². The molecule has 10 heteroatoms. The highest BCUT2D eigenvalue weighted by Crippen LogP contribution is 2.30. The fraction of sp³-hybridized carbons (Fsp3) is 0.360. The van der Waals surface area contributed by atoms with Gasteiger partial charge in [-0.25, -0.2) is 13.2 Å². The van der Waals surface area contributed by atoms with E-state index in [0.29, 0.717) is 11.3 Å². The number of H-pyrrole nitrogens is 1. The van der Waals surface area contributed by atoms with Crippen molar-refractivity contribution in [1.29, 1.82) is 0 Å². The van der Waals surface area contributed by atoms with Crippen LogP contribution >= 0.6 is 0 Å². The fourth-order valence-corrected chi connectivity index (χ4v) is 4.44. The van der Waals surface area contributed by atoms with Gasteiger partial charge in [0.05, 0.1) is 30.9 Å². The van der Waals surface area contributed by atoms with Crippen LogP contribution in [-0.2, 0) is 16.0 Å². The van der Waals surface area contributed by atoms with Crippen molar-refractivity contribution in [2.45, 2.75) is 50.9 Å². The number of alkyl halides is 1. The normalized spacial score (nSPS) is 18.6. The molecule has 35 heavy (non-hydrogen) atoms. The van der Waals surface area contributed by atoms with E-state index in [-0.39, 0.29) is 36.4 Å². The molecule has 1 aliphatic heterocycles. The molecule has 0 radical (unpaired) electrons. The fourth-order valence-electron chi connectivity index (χ4n) is 4.44. The maximum Gasteiger partial charge on any atom is 0.243 e. The SMILES string of the molecule is CC(C)c1c(F)cc(C(NC(=O)C2CC(F)CN2C(=O)Cc2cnn[nH]2)c2ccccc2)cc1F. The van der Waals surface area contributed by atoms with Crippen molar-refractivity contribution in [3.8, 4) is 0 Å². The lowest BCUT2D eigenvalue weighted by atomic mass is 9.93. The van der Waals surface area contributed by atoms with Crippen LogP contribution in [-0.4, -0.2) is 50.9 Å². The number of halogens is 3. The number of hydrogen-bond donors (Lipinski definition) is 2. The number of carbonyl (C=O) groups is 2. The van der Waals surface area contributed by atoms with E-state index >= 15 is 0 Å². The van der Waals surface area contributed by atoms with Crippen molar-refractivity contribution < 1.29 is 22.8 Å². The molecule has 0 saturated carbocycles. The van der Waals surface area contributed by atoms with Crippen molar-refractivity contribution in [3.05, 3.63) is 82.7 Å². The number of nitrogens with zero attached hydrogens (tertiary/aromatic N) is 3. The minimum Gasteiger partial charge on any atom is -0.343 e. The van der Waals surface area contributed by atoms with E-state index in [9.17, 15) is 22.8 Å².